The topological polar surface area (TPSA) is 39.7 Å². The predicted molar refractivity (Wildman–Crippen MR) is 85.1 cm³/mol. The molecule has 5 heteroatoms. The number of rotatable bonds is 5. The summed E-state index contributed by atoms with van der Waals surface area (Å²) in [5, 5.41) is 3.54. The number of ether oxygens (including phenoxy) is 3. The van der Waals surface area contributed by atoms with E-state index >= 15 is 0 Å². The molecule has 2 unspecified atom stereocenters. The van der Waals surface area contributed by atoms with E-state index in [9.17, 15) is 0 Å². The summed E-state index contributed by atoms with van der Waals surface area (Å²) in [5.41, 5.74) is 2.55. The first-order chi connectivity index (χ1) is 10.3. The Morgan fingerprint density at radius 3 is 3.00 bits per heavy atom. The zero-order valence-electron chi connectivity index (χ0n) is 12.4. The van der Waals surface area contributed by atoms with Crippen molar-refractivity contribution in [1.82, 2.24) is 5.32 Å². The molecule has 2 aliphatic heterocycles. The van der Waals surface area contributed by atoms with Crippen molar-refractivity contribution in [2.75, 3.05) is 33.0 Å². The molecule has 2 aliphatic rings. The van der Waals surface area contributed by atoms with E-state index in [1.54, 1.807) is 0 Å². The van der Waals surface area contributed by atoms with Gasteiger partial charge in [0.2, 0.25) is 0 Å². The third-order valence-corrected chi connectivity index (χ3v) is 4.48. The van der Waals surface area contributed by atoms with Crippen LogP contribution in [0.5, 0.6) is 5.75 Å². The summed E-state index contributed by atoms with van der Waals surface area (Å²) >= 11 is 3.61. The quantitative estimate of drug-likeness (QED) is 0.879. The number of halogens is 1. The van der Waals surface area contributed by atoms with Gasteiger partial charge in [0.05, 0.1) is 32.5 Å². The highest BCUT2D eigenvalue weighted by Gasteiger charge is 2.27. The van der Waals surface area contributed by atoms with Gasteiger partial charge < -0.3 is 19.5 Å². The molecular formula is C16H22BrNO3. The second-order valence-electron chi connectivity index (χ2n) is 5.50. The second-order valence-corrected chi connectivity index (χ2v) is 6.42. The van der Waals surface area contributed by atoms with E-state index in [2.05, 4.69) is 40.3 Å². The van der Waals surface area contributed by atoms with Crippen LogP contribution >= 0.6 is 15.9 Å². The van der Waals surface area contributed by atoms with Crippen LogP contribution in [-0.2, 0) is 22.3 Å². The number of fused-ring (bicyclic) bond motifs is 1. The molecule has 1 saturated heterocycles. The molecule has 2 heterocycles. The van der Waals surface area contributed by atoms with Crippen molar-refractivity contribution in [3.63, 3.8) is 0 Å². The van der Waals surface area contributed by atoms with Gasteiger partial charge in [0, 0.05) is 16.9 Å². The molecule has 0 spiro atoms. The Balaban J connectivity index is 1.79. The molecule has 2 atom stereocenters. The standard InChI is InChI=1S/C16H22BrNO3/c1-2-18-14(15-10-19-5-6-20-15)9-12-8-13(17)7-11-3-4-21-16(11)12/h7-8,14-15,18H,2-6,9-10H2,1H3. The fourth-order valence-corrected chi connectivity index (χ4v) is 3.62. The van der Waals surface area contributed by atoms with Crippen molar-refractivity contribution in [2.24, 2.45) is 0 Å². The van der Waals surface area contributed by atoms with Crippen LogP contribution in [0.1, 0.15) is 18.1 Å². The minimum Gasteiger partial charge on any atom is -0.493 e. The maximum atomic E-state index is 5.87. The van der Waals surface area contributed by atoms with Crippen LogP contribution < -0.4 is 10.1 Å². The Hall–Kier alpha value is -0.620. The Labute approximate surface area is 134 Å². The van der Waals surface area contributed by atoms with Gasteiger partial charge in [0.25, 0.3) is 0 Å². The van der Waals surface area contributed by atoms with Crippen molar-refractivity contribution in [2.45, 2.75) is 31.9 Å². The SMILES string of the molecule is CCNC(Cc1cc(Br)cc2c1OCC2)C1COCCO1. The largest absolute Gasteiger partial charge is 0.493 e. The first kappa shape index (κ1) is 15.3. The highest BCUT2D eigenvalue weighted by Crippen LogP contribution is 2.34. The van der Waals surface area contributed by atoms with E-state index in [-0.39, 0.29) is 12.1 Å². The van der Waals surface area contributed by atoms with Gasteiger partial charge in [-0.2, -0.15) is 0 Å². The van der Waals surface area contributed by atoms with Crippen molar-refractivity contribution in [3.05, 3.63) is 27.7 Å². The van der Waals surface area contributed by atoms with Gasteiger partial charge in [0.15, 0.2) is 0 Å². The second kappa shape index (κ2) is 7.09. The van der Waals surface area contributed by atoms with Gasteiger partial charge in [-0.3, -0.25) is 0 Å². The Bertz CT molecular complexity index is 489. The molecule has 4 nitrogen and oxygen atoms in total. The summed E-state index contributed by atoms with van der Waals surface area (Å²) < 4.78 is 18.4. The summed E-state index contributed by atoms with van der Waals surface area (Å²) in [6, 6.07) is 4.57. The minimum absolute atomic E-state index is 0.106. The molecular weight excluding hydrogens is 334 g/mol. The van der Waals surface area contributed by atoms with Crippen LogP contribution in [-0.4, -0.2) is 45.1 Å². The molecule has 0 radical (unpaired) electrons. The maximum absolute atomic E-state index is 5.87. The Kier molecular flexibility index (Phi) is 5.16. The predicted octanol–water partition coefficient (Wildman–Crippen LogP) is 2.32. The molecule has 0 aromatic heterocycles. The average molecular weight is 356 g/mol. The summed E-state index contributed by atoms with van der Waals surface area (Å²) in [7, 11) is 0. The molecule has 1 aromatic rings. The van der Waals surface area contributed by atoms with E-state index in [1.807, 2.05) is 0 Å². The van der Waals surface area contributed by atoms with Crippen LogP contribution in [0.25, 0.3) is 0 Å². The highest BCUT2D eigenvalue weighted by atomic mass is 79.9. The number of nitrogens with one attached hydrogen (secondary N) is 1. The van der Waals surface area contributed by atoms with Gasteiger partial charge in [0.1, 0.15) is 5.75 Å². The lowest BCUT2D eigenvalue weighted by molar-refractivity contribution is -0.101. The normalized spacial score (nSPS) is 22.7. The first-order valence-corrected chi connectivity index (χ1v) is 8.44. The minimum atomic E-state index is 0.106. The summed E-state index contributed by atoms with van der Waals surface area (Å²) in [4.78, 5) is 0. The molecule has 3 rings (SSSR count). The fraction of sp³-hybridized carbons (Fsp3) is 0.625. The number of likely N-dealkylation sites (N-methyl/N-ethyl adjacent to an activating group) is 1. The van der Waals surface area contributed by atoms with Crippen molar-refractivity contribution in [1.29, 1.82) is 0 Å². The molecule has 21 heavy (non-hydrogen) atoms. The monoisotopic (exact) mass is 355 g/mol. The summed E-state index contributed by atoms with van der Waals surface area (Å²) in [6.07, 6.45) is 2.00. The zero-order chi connectivity index (χ0) is 14.7. The van der Waals surface area contributed by atoms with Crippen molar-refractivity contribution >= 4 is 15.9 Å². The summed E-state index contributed by atoms with van der Waals surface area (Å²) in [5.74, 6) is 1.07. The Morgan fingerprint density at radius 1 is 1.33 bits per heavy atom. The number of hydrogen-bond acceptors (Lipinski definition) is 4. The molecule has 0 saturated carbocycles. The molecule has 1 N–H and O–H groups in total. The van der Waals surface area contributed by atoms with E-state index in [1.165, 1.54) is 11.1 Å². The lowest BCUT2D eigenvalue weighted by atomic mass is 9.98. The lowest BCUT2D eigenvalue weighted by Crippen LogP contribution is -2.47. The van der Waals surface area contributed by atoms with E-state index in [0.717, 1.165) is 36.2 Å². The third kappa shape index (κ3) is 3.59. The number of benzene rings is 1. The molecule has 116 valence electrons. The summed E-state index contributed by atoms with van der Waals surface area (Å²) in [6.45, 7) is 5.87. The van der Waals surface area contributed by atoms with Crippen LogP contribution in [0.15, 0.2) is 16.6 Å². The van der Waals surface area contributed by atoms with Crippen molar-refractivity contribution < 1.29 is 14.2 Å². The van der Waals surface area contributed by atoms with Gasteiger partial charge in [-0.1, -0.05) is 22.9 Å². The zero-order valence-corrected chi connectivity index (χ0v) is 13.9. The molecule has 0 aliphatic carbocycles. The smallest absolute Gasteiger partial charge is 0.125 e. The molecule has 1 aromatic carbocycles. The molecule has 1 fully saturated rings. The first-order valence-electron chi connectivity index (χ1n) is 7.64. The van der Waals surface area contributed by atoms with E-state index < -0.39 is 0 Å². The van der Waals surface area contributed by atoms with E-state index in [0.29, 0.717) is 19.8 Å². The Morgan fingerprint density at radius 2 is 2.24 bits per heavy atom. The maximum Gasteiger partial charge on any atom is 0.125 e. The number of hydrogen-bond donors (Lipinski definition) is 1. The van der Waals surface area contributed by atoms with Gasteiger partial charge in [-0.25, -0.2) is 0 Å². The van der Waals surface area contributed by atoms with E-state index in [4.69, 9.17) is 14.2 Å². The van der Waals surface area contributed by atoms with Gasteiger partial charge >= 0.3 is 0 Å². The van der Waals surface area contributed by atoms with Crippen LogP contribution in [0.4, 0.5) is 0 Å². The van der Waals surface area contributed by atoms with Crippen molar-refractivity contribution in [3.8, 4) is 5.75 Å². The van der Waals surface area contributed by atoms with Crippen LogP contribution in [0.3, 0.4) is 0 Å². The third-order valence-electron chi connectivity index (χ3n) is 4.02. The lowest BCUT2D eigenvalue weighted by Gasteiger charge is -2.31. The highest BCUT2D eigenvalue weighted by molar-refractivity contribution is 9.10. The molecule has 0 amide bonds. The van der Waals surface area contributed by atoms with Crippen LogP contribution in [0.2, 0.25) is 0 Å². The van der Waals surface area contributed by atoms with Crippen LogP contribution in [0, 0.1) is 0 Å². The van der Waals surface area contributed by atoms with Gasteiger partial charge in [-0.05, 0) is 36.2 Å². The average Bonchev–Trinajstić information content (AvgIpc) is 2.96. The molecule has 0 bridgehead atoms. The fourth-order valence-electron chi connectivity index (χ4n) is 3.07. The van der Waals surface area contributed by atoms with Gasteiger partial charge in [-0.15, -0.1) is 0 Å².